The fourth-order valence-electron chi connectivity index (χ4n) is 5.68. The summed E-state index contributed by atoms with van der Waals surface area (Å²) in [6.07, 6.45) is 8.78. The summed E-state index contributed by atoms with van der Waals surface area (Å²) < 4.78 is 0. The number of carbonyl (C=O) groups excluding carboxylic acids is 1. The highest BCUT2D eigenvalue weighted by Gasteiger charge is 2.55. The van der Waals surface area contributed by atoms with E-state index in [1.54, 1.807) is 0 Å². The first-order chi connectivity index (χ1) is 8.64. The Morgan fingerprint density at radius 1 is 1.05 bits per heavy atom. The molecule has 4 saturated carbocycles. The van der Waals surface area contributed by atoms with Gasteiger partial charge in [0.15, 0.2) is 0 Å². The molecule has 1 amide bonds. The van der Waals surface area contributed by atoms with Gasteiger partial charge in [0.1, 0.15) is 0 Å². The van der Waals surface area contributed by atoms with Gasteiger partial charge in [-0.05, 0) is 62.7 Å². The van der Waals surface area contributed by atoms with Crippen molar-refractivity contribution in [3.05, 3.63) is 0 Å². The summed E-state index contributed by atoms with van der Waals surface area (Å²) in [6, 6.07) is 0.225. The minimum atomic E-state index is 0. The predicted octanol–water partition coefficient (Wildman–Crippen LogP) is 2.18. The van der Waals surface area contributed by atoms with Crippen LogP contribution in [0.5, 0.6) is 0 Å². The molecule has 1 atom stereocenters. The number of amides is 1. The molecule has 1 heterocycles. The van der Waals surface area contributed by atoms with E-state index in [4.69, 9.17) is 5.73 Å². The molecule has 19 heavy (non-hydrogen) atoms. The lowest BCUT2D eigenvalue weighted by Gasteiger charge is -2.56. The van der Waals surface area contributed by atoms with Crippen LogP contribution in [-0.2, 0) is 4.79 Å². The molecule has 0 aromatic heterocycles. The average Bonchev–Trinajstić information content (AvgIpc) is 2.73. The fourth-order valence-corrected chi connectivity index (χ4v) is 5.68. The summed E-state index contributed by atoms with van der Waals surface area (Å²) >= 11 is 0. The number of nitrogens with zero attached hydrogens (tertiary/aromatic N) is 1. The van der Waals surface area contributed by atoms with Crippen LogP contribution in [-0.4, -0.2) is 29.9 Å². The third-order valence-corrected chi connectivity index (χ3v) is 6.00. The van der Waals surface area contributed by atoms with Crippen LogP contribution < -0.4 is 5.73 Å². The molecule has 0 aromatic carbocycles. The van der Waals surface area contributed by atoms with E-state index in [9.17, 15) is 4.79 Å². The number of hydrogen-bond acceptors (Lipinski definition) is 2. The smallest absolute Gasteiger partial charge is 0.228 e. The summed E-state index contributed by atoms with van der Waals surface area (Å²) in [6.45, 7) is 1.71. The van der Waals surface area contributed by atoms with E-state index < -0.39 is 0 Å². The predicted molar refractivity (Wildman–Crippen MR) is 77.0 cm³/mol. The molecule has 3 nitrogen and oxygen atoms in total. The van der Waals surface area contributed by atoms with E-state index in [0.29, 0.717) is 5.91 Å². The monoisotopic (exact) mass is 284 g/mol. The second-order valence-electron chi connectivity index (χ2n) is 7.50. The lowest BCUT2D eigenvalue weighted by molar-refractivity contribution is -0.156. The molecule has 1 aliphatic heterocycles. The molecule has 2 N–H and O–H groups in total. The van der Waals surface area contributed by atoms with Crippen LogP contribution in [0, 0.1) is 23.2 Å². The molecule has 4 heteroatoms. The highest BCUT2D eigenvalue weighted by Crippen LogP contribution is 2.60. The second kappa shape index (κ2) is 4.63. The lowest BCUT2D eigenvalue weighted by atomic mass is 9.49. The third kappa shape index (κ3) is 2.09. The van der Waals surface area contributed by atoms with Gasteiger partial charge >= 0.3 is 0 Å². The fraction of sp³-hybridized carbons (Fsp3) is 0.933. The molecular formula is C15H25ClN2O. The largest absolute Gasteiger partial charge is 0.341 e. The van der Waals surface area contributed by atoms with Gasteiger partial charge in [-0.2, -0.15) is 0 Å². The van der Waals surface area contributed by atoms with E-state index in [1.807, 2.05) is 0 Å². The number of nitrogens with two attached hydrogens (primary N) is 1. The topological polar surface area (TPSA) is 46.3 Å². The number of rotatable bonds is 1. The van der Waals surface area contributed by atoms with Gasteiger partial charge in [0.2, 0.25) is 5.91 Å². The quantitative estimate of drug-likeness (QED) is 0.802. The molecule has 1 saturated heterocycles. The zero-order valence-corrected chi connectivity index (χ0v) is 12.3. The van der Waals surface area contributed by atoms with Crippen molar-refractivity contribution in [2.24, 2.45) is 28.9 Å². The molecule has 5 aliphatic rings. The Morgan fingerprint density at radius 3 is 2.00 bits per heavy atom. The van der Waals surface area contributed by atoms with Crippen molar-refractivity contribution < 1.29 is 4.79 Å². The van der Waals surface area contributed by atoms with Crippen LogP contribution in [0.25, 0.3) is 0 Å². The highest BCUT2D eigenvalue weighted by atomic mass is 35.5. The maximum absolute atomic E-state index is 12.9. The molecule has 0 spiro atoms. The third-order valence-electron chi connectivity index (χ3n) is 6.00. The molecule has 0 unspecified atom stereocenters. The van der Waals surface area contributed by atoms with Crippen molar-refractivity contribution in [3.8, 4) is 0 Å². The Labute approximate surface area is 121 Å². The molecule has 0 aromatic rings. The Bertz CT molecular complexity index is 349. The maximum atomic E-state index is 12.9. The first-order valence-corrected chi connectivity index (χ1v) is 7.69. The molecule has 4 aliphatic carbocycles. The van der Waals surface area contributed by atoms with Crippen LogP contribution in [0.15, 0.2) is 0 Å². The number of halogens is 1. The summed E-state index contributed by atoms with van der Waals surface area (Å²) in [5.74, 6) is 3.04. The van der Waals surface area contributed by atoms with Gasteiger partial charge in [-0.3, -0.25) is 4.79 Å². The van der Waals surface area contributed by atoms with E-state index in [1.165, 1.54) is 38.5 Å². The van der Waals surface area contributed by atoms with Crippen LogP contribution >= 0.6 is 12.4 Å². The summed E-state index contributed by atoms with van der Waals surface area (Å²) in [4.78, 5) is 15.0. The van der Waals surface area contributed by atoms with Gasteiger partial charge in [-0.25, -0.2) is 0 Å². The Balaban J connectivity index is 0.00000110. The zero-order valence-electron chi connectivity index (χ0n) is 11.5. The highest BCUT2D eigenvalue weighted by molar-refractivity contribution is 5.85. The van der Waals surface area contributed by atoms with Crippen molar-refractivity contribution in [1.29, 1.82) is 0 Å². The Kier molecular flexibility index (Phi) is 3.33. The van der Waals surface area contributed by atoms with Crippen molar-refractivity contribution in [2.45, 2.75) is 51.0 Å². The SMILES string of the molecule is Cl.N[C@@H]1CCN(C(=O)C23CC4CC(CC(C4)C2)C3)C1. The molecule has 5 fully saturated rings. The molecule has 108 valence electrons. The first kappa shape index (κ1) is 13.7. The lowest BCUT2D eigenvalue weighted by Crippen LogP contribution is -2.54. The van der Waals surface area contributed by atoms with Gasteiger partial charge < -0.3 is 10.6 Å². The Hall–Kier alpha value is -0.280. The van der Waals surface area contributed by atoms with Gasteiger partial charge in [0, 0.05) is 19.1 Å². The van der Waals surface area contributed by atoms with Gasteiger partial charge in [-0.1, -0.05) is 0 Å². The van der Waals surface area contributed by atoms with Crippen molar-refractivity contribution in [3.63, 3.8) is 0 Å². The van der Waals surface area contributed by atoms with Crippen LogP contribution in [0.4, 0.5) is 0 Å². The van der Waals surface area contributed by atoms with Gasteiger partial charge in [0.25, 0.3) is 0 Å². The van der Waals surface area contributed by atoms with Crippen LogP contribution in [0.1, 0.15) is 44.9 Å². The van der Waals surface area contributed by atoms with Gasteiger partial charge in [0.05, 0.1) is 5.41 Å². The van der Waals surface area contributed by atoms with Crippen molar-refractivity contribution in [2.75, 3.05) is 13.1 Å². The summed E-state index contributed by atoms with van der Waals surface area (Å²) in [5.41, 5.74) is 6.00. The van der Waals surface area contributed by atoms with E-state index >= 15 is 0 Å². The van der Waals surface area contributed by atoms with E-state index in [-0.39, 0.29) is 23.9 Å². The number of carbonyl (C=O) groups is 1. The summed E-state index contributed by atoms with van der Waals surface area (Å²) in [5, 5.41) is 0. The molecule has 4 bridgehead atoms. The molecule has 5 rings (SSSR count). The second-order valence-corrected chi connectivity index (χ2v) is 7.50. The Morgan fingerprint density at radius 2 is 1.58 bits per heavy atom. The summed E-state index contributed by atoms with van der Waals surface area (Å²) in [7, 11) is 0. The maximum Gasteiger partial charge on any atom is 0.228 e. The van der Waals surface area contributed by atoms with Crippen molar-refractivity contribution >= 4 is 18.3 Å². The minimum absolute atomic E-state index is 0. The number of hydrogen-bond donors (Lipinski definition) is 1. The molecule has 0 radical (unpaired) electrons. The van der Waals surface area contributed by atoms with Crippen LogP contribution in [0.2, 0.25) is 0 Å². The number of likely N-dealkylation sites (tertiary alicyclic amines) is 1. The molecular weight excluding hydrogens is 260 g/mol. The normalized spacial score (nSPS) is 47.3. The van der Waals surface area contributed by atoms with Crippen LogP contribution in [0.3, 0.4) is 0 Å². The standard InChI is InChI=1S/C15H24N2O.ClH/c16-13-1-2-17(9-13)14(18)15-6-10-3-11(7-15)5-12(4-10)8-15;/h10-13H,1-9,16H2;1H/t10?,11?,12?,13-,15?;/m1./s1. The minimum Gasteiger partial charge on any atom is -0.341 e. The van der Waals surface area contributed by atoms with E-state index in [2.05, 4.69) is 4.90 Å². The van der Waals surface area contributed by atoms with Gasteiger partial charge in [-0.15, -0.1) is 12.4 Å². The average molecular weight is 285 g/mol. The van der Waals surface area contributed by atoms with E-state index in [0.717, 1.165) is 37.3 Å². The zero-order chi connectivity index (χ0) is 12.3. The first-order valence-electron chi connectivity index (χ1n) is 7.69. The van der Waals surface area contributed by atoms with Crippen molar-refractivity contribution in [1.82, 2.24) is 4.90 Å².